The number of halogens is 1. The summed E-state index contributed by atoms with van der Waals surface area (Å²) in [5.41, 5.74) is 0.618. The van der Waals surface area contributed by atoms with E-state index < -0.39 is 6.09 Å². The summed E-state index contributed by atoms with van der Waals surface area (Å²) >= 11 is 6.57. The topological polar surface area (TPSA) is 120 Å². The van der Waals surface area contributed by atoms with Gasteiger partial charge in [-0.2, -0.15) is 5.01 Å². The molecule has 0 fully saturated rings. The zero-order valence-electron chi connectivity index (χ0n) is 10.5. The Kier molecular flexibility index (Phi) is 6.65. The van der Waals surface area contributed by atoms with Gasteiger partial charge in [-0.25, -0.2) is 15.6 Å². The lowest BCUT2D eigenvalue weighted by molar-refractivity contribution is -0.129. The van der Waals surface area contributed by atoms with E-state index in [0.717, 1.165) is 11.3 Å². The van der Waals surface area contributed by atoms with Crippen LogP contribution in [0.4, 0.5) is 9.93 Å². The Morgan fingerprint density at radius 3 is 2.70 bits per heavy atom. The second-order valence-electron chi connectivity index (χ2n) is 3.76. The van der Waals surface area contributed by atoms with Crippen molar-refractivity contribution in [2.45, 2.75) is 6.42 Å². The van der Waals surface area contributed by atoms with Gasteiger partial charge in [-0.3, -0.25) is 4.79 Å². The van der Waals surface area contributed by atoms with Crippen LogP contribution in [0.5, 0.6) is 0 Å². The van der Waals surface area contributed by atoms with Crippen LogP contribution in [-0.4, -0.2) is 57.7 Å². The van der Waals surface area contributed by atoms with Crippen LogP contribution in [0, 0.1) is 0 Å². The SMILES string of the molecule is NN(C(=O)O)c1nc(CCN(CCO)C(=O)CCl)cs1. The number of alkyl halides is 1. The molecule has 0 radical (unpaired) electrons. The van der Waals surface area contributed by atoms with Crippen LogP contribution in [0.15, 0.2) is 5.38 Å². The summed E-state index contributed by atoms with van der Waals surface area (Å²) in [7, 11) is 0. The van der Waals surface area contributed by atoms with Gasteiger partial charge >= 0.3 is 6.09 Å². The Morgan fingerprint density at radius 1 is 1.45 bits per heavy atom. The first-order chi connectivity index (χ1) is 9.49. The number of thiazole rings is 1. The number of carboxylic acid groups (broad SMARTS) is 1. The smallest absolute Gasteiger partial charge is 0.428 e. The maximum atomic E-state index is 11.5. The van der Waals surface area contributed by atoms with E-state index in [4.69, 9.17) is 27.7 Å². The maximum Gasteiger partial charge on any atom is 0.428 e. The lowest BCUT2D eigenvalue weighted by Gasteiger charge is -2.20. The Morgan fingerprint density at radius 2 is 2.15 bits per heavy atom. The molecule has 0 aliphatic heterocycles. The van der Waals surface area contributed by atoms with Gasteiger partial charge in [-0.05, 0) is 0 Å². The minimum atomic E-state index is -1.30. The molecule has 112 valence electrons. The first kappa shape index (κ1) is 16.6. The van der Waals surface area contributed by atoms with Crippen LogP contribution in [0.2, 0.25) is 0 Å². The predicted octanol–water partition coefficient (Wildman–Crippen LogP) is 0.103. The molecule has 2 amide bonds. The van der Waals surface area contributed by atoms with Crippen molar-refractivity contribution < 1.29 is 19.8 Å². The zero-order chi connectivity index (χ0) is 15.1. The molecule has 0 aromatic carbocycles. The van der Waals surface area contributed by atoms with Gasteiger partial charge in [0.15, 0.2) is 0 Å². The van der Waals surface area contributed by atoms with Gasteiger partial charge in [0.05, 0.1) is 12.3 Å². The third-order valence-electron chi connectivity index (χ3n) is 2.43. The molecule has 0 atom stereocenters. The summed E-state index contributed by atoms with van der Waals surface area (Å²) in [4.78, 5) is 27.6. The molecule has 0 spiro atoms. The zero-order valence-corrected chi connectivity index (χ0v) is 12.1. The van der Waals surface area contributed by atoms with E-state index in [0.29, 0.717) is 23.7 Å². The van der Waals surface area contributed by atoms with Crippen molar-refractivity contribution in [3.8, 4) is 0 Å². The molecule has 1 aromatic heterocycles. The Labute approximate surface area is 124 Å². The number of anilines is 1. The fourth-order valence-electron chi connectivity index (χ4n) is 1.42. The van der Waals surface area contributed by atoms with E-state index in [1.807, 2.05) is 0 Å². The molecule has 0 saturated carbocycles. The molecular formula is C10H15ClN4O4S. The molecule has 10 heteroatoms. The second-order valence-corrected chi connectivity index (χ2v) is 4.87. The summed E-state index contributed by atoms with van der Waals surface area (Å²) < 4.78 is 0. The van der Waals surface area contributed by atoms with Gasteiger partial charge in [0.25, 0.3) is 0 Å². The van der Waals surface area contributed by atoms with Crippen LogP contribution in [0.25, 0.3) is 0 Å². The highest BCUT2D eigenvalue weighted by Gasteiger charge is 2.15. The van der Waals surface area contributed by atoms with Gasteiger partial charge in [0, 0.05) is 24.9 Å². The Hall–Kier alpha value is -1.42. The Bertz CT molecular complexity index is 470. The van der Waals surface area contributed by atoms with Gasteiger partial charge in [-0.15, -0.1) is 22.9 Å². The van der Waals surface area contributed by atoms with Gasteiger partial charge < -0.3 is 15.1 Å². The molecule has 4 N–H and O–H groups in total. The molecule has 0 aliphatic rings. The van der Waals surface area contributed by atoms with Gasteiger partial charge in [0.1, 0.15) is 5.88 Å². The number of nitrogens with zero attached hydrogens (tertiary/aromatic N) is 3. The summed E-state index contributed by atoms with van der Waals surface area (Å²) in [6, 6.07) is 0. The van der Waals surface area contributed by atoms with Gasteiger partial charge in [-0.1, -0.05) is 0 Å². The average molecular weight is 323 g/mol. The van der Waals surface area contributed by atoms with Crippen LogP contribution < -0.4 is 10.9 Å². The lowest BCUT2D eigenvalue weighted by Crippen LogP contribution is -2.36. The number of hydrogen-bond acceptors (Lipinski definition) is 6. The van der Waals surface area contributed by atoms with E-state index in [9.17, 15) is 9.59 Å². The van der Waals surface area contributed by atoms with E-state index in [-0.39, 0.29) is 30.1 Å². The minimum absolute atomic E-state index is 0.152. The number of aliphatic hydroxyl groups excluding tert-OH is 1. The van der Waals surface area contributed by atoms with Crippen molar-refractivity contribution in [3.63, 3.8) is 0 Å². The number of carbonyl (C=O) groups is 2. The van der Waals surface area contributed by atoms with E-state index in [1.54, 1.807) is 5.38 Å². The molecule has 8 nitrogen and oxygen atoms in total. The van der Waals surface area contributed by atoms with E-state index in [1.165, 1.54) is 4.90 Å². The van der Waals surface area contributed by atoms with Crippen molar-refractivity contribution in [1.29, 1.82) is 0 Å². The third kappa shape index (κ3) is 4.60. The average Bonchev–Trinajstić information content (AvgIpc) is 2.90. The molecule has 1 rings (SSSR count). The number of carbonyl (C=O) groups excluding carboxylic acids is 1. The standard InChI is InChI=1S/C10H15ClN4O4S/c11-5-8(17)14(3-4-16)2-1-7-6-20-9(13-7)15(12)10(18)19/h6,16H,1-5,12H2,(H,18,19). The fourth-order valence-corrected chi connectivity index (χ4v) is 2.36. The monoisotopic (exact) mass is 322 g/mol. The van der Waals surface area contributed by atoms with Crippen molar-refractivity contribution in [1.82, 2.24) is 9.88 Å². The summed E-state index contributed by atoms with van der Waals surface area (Å²) in [6.45, 7) is 0.383. The van der Waals surface area contributed by atoms with Crippen molar-refractivity contribution in [2.24, 2.45) is 5.84 Å². The number of amides is 2. The quantitative estimate of drug-likeness (QED) is 0.283. The second kappa shape index (κ2) is 8.00. The van der Waals surface area contributed by atoms with Crippen LogP contribution in [0.1, 0.15) is 5.69 Å². The highest BCUT2D eigenvalue weighted by Crippen LogP contribution is 2.18. The van der Waals surface area contributed by atoms with Crippen LogP contribution in [-0.2, 0) is 11.2 Å². The number of rotatable bonds is 7. The number of hydrogen-bond donors (Lipinski definition) is 3. The molecule has 20 heavy (non-hydrogen) atoms. The van der Waals surface area contributed by atoms with Crippen LogP contribution >= 0.6 is 22.9 Å². The molecular weight excluding hydrogens is 308 g/mol. The molecule has 0 bridgehead atoms. The number of aromatic nitrogens is 1. The van der Waals surface area contributed by atoms with Crippen molar-refractivity contribution in [3.05, 3.63) is 11.1 Å². The van der Waals surface area contributed by atoms with Crippen molar-refractivity contribution >= 4 is 40.1 Å². The summed E-state index contributed by atoms with van der Waals surface area (Å²) in [6.07, 6.45) is -0.878. The van der Waals surface area contributed by atoms with Crippen molar-refractivity contribution in [2.75, 3.05) is 30.6 Å². The third-order valence-corrected chi connectivity index (χ3v) is 3.54. The summed E-state index contributed by atoms with van der Waals surface area (Å²) in [5.74, 6) is 4.86. The summed E-state index contributed by atoms with van der Waals surface area (Å²) in [5, 5.41) is 19.9. The predicted molar refractivity (Wildman–Crippen MR) is 74.9 cm³/mol. The minimum Gasteiger partial charge on any atom is -0.464 e. The molecule has 0 aliphatic carbocycles. The molecule has 1 heterocycles. The fraction of sp³-hybridized carbons (Fsp3) is 0.500. The maximum absolute atomic E-state index is 11.5. The molecule has 0 unspecified atom stereocenters. The number of nitrogens with two attached hydrogens (primary N) is 1. The van der Waals surface area contributed by atoms with Gasteiger partial charge in [0.2, 0.25) is 11.0 Å². The number of hydrazine groups is 1. The highest BCUT2D eigenvalue weighted by atomic mass is 35.5. The first-order valence-corrected chi connectivity index (χ1v) is 7.07. The van der Waals surface area contributed by atoms with Crippen LogP contribution in [0.3, 0.4) is 0 Å². The van der Waals surface area contributed by atoms with E-state index >= 15 is 0 Å². The highest BCUT2D eigenvalue weighted by molar-refractivity contribution is 7.13. The number of aliphatic hydroxyl groups is 1. The normalized spacial score (nSPS) is 10.3. The largest absolute Gasteiger partial charge is 0.464 e. The lowest BCUT2D eigenvalue weighted by atomic mass is 10.3. The molecule has 1 aromatic rings. The Balaban J connectivity index is 2.60. The first-order valence-electron chi connectivity index (χ1n) is 5.66. The van der Waals surface area contributed by atoms with E-state index in [2.05, 4.69) is 4.98 Å². The molecule has 0 saturated heterocycles.